The van der Waals surface area contributed by atoms with Gasteiger partial charge in [-0.15, -0.1) is 24.0 Å². The van der Waals surface area contributed by atoms with E-state index < -0.39 is 0 Å². The molecule has 2 bridgehead atoms. The lowest BCUT2D eigenvalue weighted by molar-refractivity contribution is 0.0992. The highest BCUT2D eigenvalue weighted by atomic mass is 127. The monoisotopic (exact) mass is 443 g/mol. The van der Waals surface area contributed by atoms with Crippen LogP contribution in [0.1, 0.15) is 42.9 Å². The number of ether oxygens (including phenoxy) is 2. The van der Waals surface area contributed by atoms with Crippen LogP contribution in [-0.2, 0) is 29.2 Å². The normalized spacial score (nSPS) is 27.7. The highest BCUT2D eigenvalue weighted by molar-refractivity contribution is 14.0. The van der Waals surface area contributed by atoms with Gasteiger partial charge in [-0.05, 0) is 42.9 Å². The number of fused-ring (bicyclic) bond motifs is 3. The van der Waals surface area contributed by atoms with Crippen molar-refractivity contribution in [2.24, 2.45) is 4.99 Å². The van der Waals surface area contributed by atoms with E-state index in [0.717, 1.165) is 32.1 Å². The second-order valence-electron chi connectivity index (χ2n) is 6.65. The Bertz CT molecular complexity index is 608. The number of halogens is 1. The average molecular weight is 443 g/mol. The highest BCUT2D eigenvalue weighted by Gasteiger charge is 2.41. The van der Waals surface area contributed by atoms with Gasteiger partial charge < -0.3 is 20.1 Å². The summed E-state index contributed by atoms with van der Waals surface area (Å²) in [7, 11) is 0. The van der Waals surface area contributed by atoms with Crippen molar-refractivity contribution >= 4 is 29.9 Å². The van der Waals surface area contributed by atoms with Crippen LogP contribution in [0.15, 0.2) is 23.2 Å². The number of benzene rings is 1. The predicted octanol–water partition coefficient (Wildman–Crippen LogP) is 2.71. The summed E-state index contributed by atoms with van der Waals surface area (Å²) < 4.78 is 11.4. The molecule has 0 amide bonds. The quantitative estimate of drug-likeness (QED) is 0.427. The zero-order valence-electron chi connectivity index (χ0n) is 14.1. The van der Waals surface area contributed by atoms with Crippen LogP contribution in [0.3, 0.4) is 0 Å². The summed E-state index contributed by atoms with van der Waals surface area (Å²) in [5.74, 6) is 0.894. The SMILES string of the molecule is CCNC(=NCc1ccc2c(c1)COC2)NC1CC2CCC1O2.I. The molecule has 24 heavy (non-hydrogen) atoms. The van der Waals surface area contributed by atoms with Crippen molar-refractivity contribution in [3.8, 4) is 0 Å². The van der Waals surface area contributed by atoms with Gasteiger partial charge in [0.2, 0.25) is 0 Å². The molecule has 0 aliphatic carbocycles. The van der Waals surface area contributed by atoms with E-state index in [1.807, 2.05) is 0 Å². The van der Waals surface area contributed by atoms with Crippen molar-refractivity contribution in [1.82, 2.24) is 10.6 Å². The van der Waals surface area contributed by atoms with Gasteiger partial charge in [-0.25, -0.2) is 4.99 Å². The Morgan fingerprint density at radius 1 is 1.25 bits per heavy atom. The Kier molecular flexibility index (Phi) is 5.99. The van der Waals surface area contributed by atoms with Crippen molar-refractivity contribution in [2.45, 2.75) is 64.2 Å². The van der Waals surface area contributed by atoms with Gasteiger partial charge in [0, 0.05) is 6.54 Å². The third kappa shape index (κ3) is 3.86. The number of nitrogens with one attached hydrogen (secondary N) is 2. The highest BCUT2D eigenvalue weighted by Crippen LogP contribution is 2.34. The summed E-state index contributed by atoms with van der Waals surface area (Å²) in [6, 6.07) is 6.94. The Morgan fingerprint density at radius 3 is 2.88 bits per heavy atom. The summed E-state index contributed by atoms with van der Waals surface area (Å²) >= 11 is 0. The molecule has 0 saturated carbocycles. The Labute approximate surface area is 160 Å². The minimum absolute atomic E-state index is 0. The molecule has 0 spiro atoms. The standard InChI is InChI=1S/C18H25N3O2.HI/c1-2-19-18(21-16-8-15-5-6-17(16)23-15)20-9-12-3-4-13-10-22-11-14(13)7-12;/h3-4,7,15-17H,2,5-6,8-11H2,1H3,(H2,19,20,21);1H. The fraction of sp³-hybridized carbons (Fsp3) is 0.611. The first kappa shape index (κ1) is 17.9. The van der Waals surface area contributed by atoms with Crippen molar-refractivity contribution in [3.63, 3.8) is 0 Å². The molecule has 1 aromatic carbocycles. The van der Waals surface area contributed by atoms with Gasteiger partial charge in [-0.3, -0.25) is 0 Å². The van der Waals surface area contributed by atoms with Crippen LogP contribution in [0.4, 0.5) is 0 Å². The maximum atomic E-state index is 5.92. The van der Waals surface area contributed by atoms with E-state index >= 15 is 0 Å². The number of nitrogens with zero attached hydrogens (tertiary/aromatic N) is 1. The fourth-order valence-corrected chi connectivity index (χ4v) is 3.78. The van der Waals surface area contributed by atoms with E-state index in [1.54, 1.807) is 0 Å². The summed E-state index contributed by atoms with van der Waals surface area (Å²) in [6.45, 7) is 5.12. The molecule has 132 valence electrons. The summed E-state index contributed by atoms with van der Waals surface area (Å²) in [4.78, 5) is 4.75. The van der Waals surface area contributed by atoms with Crippen LogP contribution < -0.4 is 10.6 Å². The maximum absolute atomic E-state index is 5.92. The smallest absolute Gasteiger partial charge is 0.191 e. The summed E-state index contributed by atoms with van der Waals surface area (Å²) in [6.07, 6.45) is 4.31. The van der Waals surface area contributed by atoms with Crippen molar-refractivity contribution in [1.29, 1.82) is 0 Å². The van der Waals surface area contributed by atoms with Crippen molar-refractivity contribution in [3.05, 3.63) is 34.9 Å². The van der Waals surface area contributed by atoms with Gasteiger partial charge in [0.15, 0.2) is 5.96 Å². The molecular formula is C18H26IN3O2. The van der Waals surface area contributed by atoms with Crippen molar-refractivity contribution in [2.75, 3.05) is 6.54 Å². The number of hydrogen-bond acceptors (Lipinski definition) is 3. The van der Waals surface area contributed by atoms with Crippen LogP contribution in [0.25, 0.3) is 0 Å². The molecule has 2 N–H and O–H groups in total. The van der Waals surface area contributed by atoms with E-state index in [4.69, 9.17) is 14.5 Å². The molecule has 0 aromatic heterocycles. The zero-order chi connectivity index (χ0) is 15.6. The van der Waals surface area contributed by atoms with Crippen LogP contribution in [0.2, 0.25) is 0 Å². The van der Waals surface area contributed by atoms with E-state index in [0.29, 0.717) is 24.8 Å². The molecule has 2 saturated heterocycles. The zero-order valence-corrected chi connectivity index (χ0v) is 16.4. The molecule has 3 aliphatic rings. The Morgan fingerprint density at radius 2 is 2.12 bits per heavy atom. The Hall–Kier alpha value is -0.860. The van der Waals surface area contributed by atoms with Crippen LogP contribution in [0, 0.1) is 0 Å². The largest absolute Gasteiger partial charge is 0.373 e. The second kappa shape index (κ2) is 8.01. The molecule has 5 nitrogen and oxygen atoms in total. The average Bonchev–Trinajstić information content (AvgIpc) is 3.28. The number of rotatable bonds is 4. The second-order valence-corrected chi connectivity index (χ2v) is 6.65. The first-order chi connectivity index (χ1) is 11.3. The summed E-state index contributed by atoms with van der Waals surface area (Å²) in [5.41, 5.74) is 3.84. The van der Waals surface area contributed by atoms with E-state index in [-0.39, 0.29) is 24.0 Å². The molecule has 1 aromatic rings. The molecule has 3 aliphatic heterocycles. The van der Waals surface area contributed by atoms with Crippen LogP contribution >= 0.6 is 24.0 Å². The van der Waals surface area contributed by atoms with Gasteiger partial charge >= 0.3 is 0 Å². The lowest BCUT2D eigenvalue weighted by Gasteiger charge is -2.22. The predicted molar refractivity (Wildman–Crippen MR) is 105 cm³/mol. The van der Waals surface area contributed by atoms with Gasteiger partial charge in [0.25, 0.3) is 0 Å². The molecule has 0 radical (unpaired) electrons. The van der Waals surface area contributed by atoms with Gasteiger partial charge in [-0.2, -0.15) is 0 Å². The van der Waals surface area contributed by atoms with E-state index in [9.17, 15) is 0 Å². The lowest BCUT2D eigenvalue weighted by atomic mass is 9.96. The van der Waals surface area contributed by atoms with Gasteiger partial charge in [0.1, 0.15) is 0 Å². The first-order valence-electron chi connectivity index (χ1n) is 8.70. The van der Waals surface area contributed by atoms with Gasteiger partial charge in [0.05, 0.1) is 38.0 Å². The van der Waals surface area contributed by atoms with E-state index in [2.05, 4.69) is 35.8 Å². The van der Waals surface area contributed by atoms with Gasteiger partial charge in [-0.1, -0.05) is 18.2 Å². The molecule has 2 fully saturated rings. The minimum Gasteiger partial charge on any atom is -0.373 e. The topological polar surface area (TPSA) is 54.9 Å². The third-order valence-electron chi connectivity index (χ3n) is 4.98. The van der Waals surface area contributed by atoms with Crippen LogP contribution in [-0.4, -0.2) is 30.8 Å². The Balaban J connectivity index is 0.00000169. The molecule has 6 heteroatoms. The molecule has 3 heterocycles. The molecule has 3 unspecified atom stereocenters. The number of hydrogen-bond donors (Lipinski definition) is 2. The number of guanidine groups is 1. The minimum atomic E-state index is 0. The van der Waals surface area contributed by atoms with Crippen LogP contribution in [0.5, 0.6) is 0 Å². The van der Waals surface area contributed by atoms with E-state index in [1.165, 1.54) is 29.5 Å². The summed E-state index contributed by atoms with van der Waals surface area (Å²) in [5, 5.41) is 6.91. The molecular weight excluding hydrogens is 417 g/mol. The maximum Gasteiger partial charge on any atom is 0.191 e. The third-order valence-corrected chi connectivity index (χ3v) is 4.98. The molecule has 3 atom stereocenters. The molecule has 4 rings (SSSR count). The van der Waals surface area contributed by atoms with Crippen molar-refractivity contribution < 1.29 is 9.47 Å². The fourth-order valence-electron chi connectivity index (χ4n) is 3.78. The lowest BCUT2D eigenvalue weighted by Crippen LogP contribution is -2.47. The first-order valence-corrected chi connectivity index (χ1v) is 8.70. The number of aliphatic imine (C=N–C) groups is 1.